The molecule has 0 unspecified atom stereocenters. The average Bonchev–Trinajstić information content (AvgIpc) is 2.84. The van der Waals surface area contributed by atoms with Crippen LogP contribution in [0.25, 0.3) is 0 Å². The number of carboxylic acid groups (broad SMARTS) is 1. The third kappa shape index (κ3) is 3.98. The third-order valence-corrected chi connectivity index (χ3v) is 4.32. The molecule has 1 heterocycles. The summed E-state index contributed by atoms with van der Waals surface area (Å²) in [6.45, 7) is 2.98. The van der Waals surface area contributed by atoms with Crippen molar-refractivity contribution < 1.29 is 14.6 Å². The largest absolute Gasteiger partial charge is 0.494 e. The van der Waals surface area contributed by atoms with Crippen molar-refractivity contribution in [2.45, 2.75) is 32.7 Å². The number of unbranched alkanes of at least 4 members (excludes halogenated alkanes) is 1. The minimum Gasteiger partial charge on any atom is -0.494 e. The molecule has 0 aliphatic carbocycles. The smallest absolute Gasteiger partial charge is 0.347 e. The first kappa shape index (κ1) is 16.3. The van der Waals surface area contributed by atoms with Crippen LogP contribution in [0.2, 0.25) is 0 Å². The topological polar surface area (TPSA) is 68.5 Å². The maximum atomic E-state index is 11.9. The van der Waals surface area contributed by atoms with Crippen LogP contribution in [-0.4, -0.2) is 22.2 Å². The van der Waals surface area contributed by atoms with Gasteiger partial charge in [0.2, 0.25) is 0 Å². The summed E-state index contributed by atoms with van der Waals surface area (Å²) >= 11 is 0.811. The highest BCUT2D eigenvalue weighted by Crippen LogP contribution is 2.15. The van der Waals surface area contributed by atoms with Gasteiger partial charge in [0.15, 0.2) is 0 Å². The zero-order chi connectivity index (χ0) is 15.9. The van der Waals surface area contributed by atoms with Gasteiger partial charge in [0.05, 0.1) is 6.61 Å². The van der Waals surface area contributed by atoms with E-state index in [1.54, 1.807) is 4.57 Å². The molecule has 0 fully saturated rings. The lowest BCUT2D eigenvalue weighted by Crippen LogP contribution is -2.17. The Morgan fingerprint density at radius 2 is 2.00 bits per heavy atom. The normalized spacial score (nSPS) is 10.6. The molecule has 0 spiro atoms. The second kappa shape index (κ2) is 7.79. The second-order valence-corrected chi connectivity index (χ2v) is 5.78. The third-order valence-electron chi connectivity index (χ3n) is 3.31. The minimum atomic E-state index is -1.02. The lowest BCUT2D eigenvalue weighted by Gasteiger charge is -2.08. The first-order valence-corrected chi connectivity index (χ1v) is 8.08. The van der Waals surface area contributed by atoms with Gasteiger partial charge in [0, 0.05) is 12.2 Å². The molecule has 0 amide bonds. The van der Waals surface area contributed by atoms with Gasteiger partial charge in [0.1, 0.15) is 10.6 Å². The first-order valence-electron chi connectivity index (χ1n) is 7.27. The Morgan fingerprint density at radius 3 is 2.64 bits per heavy atom. The van der Waals surface area contributed by atoms with E-state index in [4.69, 9.17) is 9.84 Å². The van der Waals surface area contributed by atoms with Crippen molar-refractivity contribution in [3.8, 4) is 5.75 Å². The van der Waals surface area contributed by atoms with Crippen molar-refractivity contribution in [2.24, 2.45) is 0 Å². The number of hydrogen-bond donors (Lipinski definition) is 1. The molecule has 1 N–H and O–H groups in total. The average molecular weight is 321 g/mol. The SMILES string of the molecule is CCc1c(C(=O)O)sc(=O)n1CCCCOc1ccccc1. The molecule has 2 aromatic rings. The lowest BCUT2D eigenvalue weighted by atomic mass is 10.2. The number of thiazole rings is 1. The van der Waals surface area contributed by atoms with Crippen LogP contribution < -0.4 is 9.61 Å². The number of hydrogen-bond acceptors (Lipinski definition) is 4. The monoisotopic (exact) mass is 321 g/mol. The highest BCUT2D eigenvalue weighted by atomic mass is 32.1. The van der Waals surface area contributed by atoms with E-state index in [2.05, 4.69) is 0 Å². The van der Waals surface area contributed by atoms with Crippen LogP contribution in [0.3, 0.4) is 0 Å². The summed E-state index contributed by atoms with van der Waals surface area (Å²) in [7, 11) is 0. The van der Waals surface area contributed by atoms with Crippen LogP contribution in [-0.2, 0) is 13.0 Å². The van der Waals surface area contributed by atoms with Gasteiger partial charge in [-0.05, 0) is 31.4 Å². The Kier molecular flexibility index (Phi) is 5.77. The van der Waals surface area contributed by atoms with E-state index in [1.165, 1.54) is 0 Å². The Bertz CT molecular complexity index is 675. The standard InChI is InChI=1S/C16H19NO4S/c1-2-13-14(15(18)19)22-16(20)17(13)10-6-7-11-21-12-8-4-3-5-9-12/h3-5,8-9H,2,6-7,10-11H2,1H3,(H,18,19). The van der Waals surface area contributed by atoms with Crippen molar-refractivity contribution in [2.75, 3.05) is 6.61 Å². The van der Waals surface area contributed by atoms with Crippen molar-refractivity contribution in [1.82, 2.24) is 4.57 Å². The van der Waals surface area contributed by atoms with Crippen molar-refractivity contribution >= 4 is 17.3 Å². The number of ether oxygens (including phenoxy) is 1. The quantitative estimate of drug-likeness (QED) is 0.759. The Balaban J connectivity index is 1.87. The number of aromatic nitrogens is 1. The summed E-state index contributed by atoms with van der Waals surface area (Å²) in [5.74, 6) is -0.192. The minimum absolute atomic E-state index is 0.160. The van der Waals surface area contributed by atoms with E-state index >= 15 is 0 Å². The molecule has 1 aromatic heterocycles. The lowest BCUT2D eigenvalue weighted by molar-refractivity contribution is 0.0700. The van der Waals surface area contributed by atoms with Crippen molar-refractivity contribution in [1.29, 1.82) is 0 Å². The van der Waals surface area contributed by atoms with Gasteiger partial charge in [-0.3, -0.25) is 4.79 Å². The van der Waals surface area contributed by atoms with Crippen LogP contribution in [0.1, 0.15) is 35.1 Å². The molecule has 0 saturated carbocycles. The molecule has 1 aromatic carbocycles. The molecule has 0 bridgehead atoms. The fourth-order valence-corrected chi connectivity index (χ4v) is 3.20. The molecule has 118 valence electrons. The second-order valence-electron chi connectivity index (χ2n) is 4.82. The number of carbonyl (C=O) groups is 1. The maximum absolute atomic E-state index is 11.9. The molecule has 6 heteroatoms. The predicted molar refractivity (Wildman–Crippen MR) is 86.1 cm³/mol. The van der Waals surface area contributed by atoms with Crippen LogP contribution in [0.5, 0.6) is 5.75 Å². The number of para-hydroxylation sites is 1. The molecule has 5 nitrogen and oxygen atoms in total. The van der Waals surface area contributed by atoms with Gasteiger partial charge >= 0.3 is 10.8 Å². The van der Waals surface area contributed by atoms with Gasteiger partial charge in [-0.15, -0.1) is 0 Å². The zero-order valence-electron chi connectivity index (χ0n) is 12.4. The van der Waals surface area contributed by atoms with Gasteiger partial charge in [0.25, 0.3) is 0 Å². The summed E-state index contributed by atoms with van der Waals surface area (Å²) in [5, 5.41) is 9.11. The van der Waals surface area contributed by atoms with E-state index in [-0.39, 0.29) is 9.75 Å². The van der Waals surface area contributed by atoms with Gasteiger partial charge in [-0.2, -0.15) is 0 Å². The number of benzene rings is 1. The summed E-state index contributed by atoms with van der Waals surface area (Å²) in [4.78, 5) is 23.0. The van der Waals surface area contributed by atoms with Crippen LogP contribution >= 0.6 is 11.3 Å². The van der Waals surface area contributed by atoms with Crippen LogP contribution in [0.15, 0.2) is 35.1 Å². The van der Waals surface area contributed by atoms with E-state index in [9.17, 15) is 9.59 Å². The molecule has 0 aliphatic rings. The number of aromatic carboxylic acids is 1. The number of nitrogens with zero attached hydrogens (tertiary/aromatic N) is 1. The fourth-order valence-electron chi connectivity index (χ4n) is 2.26. The molecule has 2 rings (SSSR count). The summed E-state index contributed by atoms with van der Waals surface area (Å²) in [5.41, 5.74) is 0.617. The van der Waals surface area contributed by atoms with Crippen LogP contribution in [0.4, 0.5) is 0 Å². The van der Waals surface area contributed by atoms with Crippen molar-refractivity contribution in [3.63, 3.8) is 0 Å². The van der Waals surface area contributed by atoms with E-state index < -0.39 is 5.97 Å². The zero-order valence-corrected chi connectivity index (χ0v) is 13.3. The van der Waals surface area contributed by atoms with Crippen molar-refractivity contribution in [3.05, 3.63) is 50.6 Å². The highest BCUT2D eigenvalue weighted by Gasteiger charge is 2.18. The predicted octanol–water partition coefficient (Wildman–Crippen LogP) is 3.03. The summed E-state index contributed by atoms with van der Waals surface area (Å²) < 4.78 is 7.18. The molecule has 0 saturated heterocycles. The maximum Gasteiger partial charge on any atom is 0.347 e. The Hall–Kier alpha value is -2.08. The fraction of sp³-hybridized carbons (Fsp3) is 0.375. The van der Waals surface area contributed by atoms with Gasteiger partial charge < -0.3 is 14.4 Å². The first-order chi connectivity index (χ1) is 10.6. The summed E-state index contributed by atoms with van der Waals surface area (Å²) in [6.07, 6.45) is 2.12. The summed E-state index contributed by atoms with van der Waals surface area (Å²) in [6, 6.07) is 9.57. The molecule has 22 heavy (non-hydrogen) atoms. The van der Waals surface area contributed by atoms with Gasteiger partial charge in [-0.25, -0.2) is 4.79 Å². The molecule has 0 atom stereocenters. The van der Waals surface area contributed by atoms with Crippen LogP contribution in [0, 0.1) is 0 Å². The Labute approximate surface area is 132 Å². The molecule has 0 aliphatic heterocycles. The van der Waals surface area contributed by atoms with E-state index in [0.717, 1.165) is 29.9 Å². The molecular formula is C16H19NO4S. The number of rotatable bonds is 8. The molecular weight excluding hydrogens is 302 g/mol. The molecule has 0 radical (unpaired) electrons. The highest BCUT2D eigenvalue weighted by molar-refractivity contribution is 7.11. The Morgan fingerprint density at radius 1 is 1.27 bits per heavy atom. The van der Waals surface area contributed by atoms with Gasteiger partial charge in [-0.1, -0.05) is 36.5 Å². The van der Waals surface area contributed by atoms with E-state index in [0.29, 0.717) is 25.3 Å². The van der Waals surface area contributed by atoms with E-state index in [1.807, 2.05) is 37.3 Å². The number of carboxylic acids is 1.